The van der Waals surface area contributed by atoms with Crippen LogP contribution in [0.2, 0.25) is 5.02 Å². The van der Waals surface area contributed by atoms with Crippen LogP contribution in [0.4, 0.5) is 0 Å². The zero-order valence-corrected chi connectivity index (χ0v) is 8.17. The van der Waals surface area contributed by atoms with Crippen LogP contribution in [0.15, 0.2) is 30.3 Å². The quantitative estimate of drug-likeness (QED) is 0.673. The number of hydrogen-bond acceptors (Lipinski definition) is 1. The molecule has 0 fully saturated rings. The smallest absolute Gasteiger partial charge is 0.0720 e. The fourth-order valence-electron chi connectivity index (χ4n) is 1.37. The lowest BCUT2D eigenvalue weighted by atomic mass is 10.2. The molecule has 0 saturated heterocycles. The van der Waals surface area contributed by atoms with Crippen LogP contribution in [0.25, 0.3) is 10.9 Å². The molecular weight excluding hydrogens is 182 g/mol. The van der Waals surface area contributed by atoms with Gasteiger partial charge in [-0.25, -0.2) is 0 Å². The van der Waals surface area contributed by atoms with Gasteiger partial charge < -0.3 is 0 Å². The molecule has 1 heterocycles. The van der Waals surface area contributed by atoms with E-state index >= 15 is 0 Å². The number of para-hydroxylation sites is 1. The van der Waals surface area contributed by atoms with E-state index < -0.39 is 0 Å². The van der Waals surface area contributed by atoms with E-state index in [1.54, 1.807) is 0 Å². The van der Waals surface area contributed by atoms with E-state index in [-0.39, 0.29) is 0 Å². The second kappa shape index (κ2) is 3.35. The standard InChI is InChI=1S/C11H10ClN/c1-2-8-7-10(12)9-5-3-4-6-11(9)13-8/h3-7H,2H2,1H3. The average Bonchev–Trinajstić information content (AvgIpc) is 2.18. The number of nitrogens with zero attached hydrogens (tertiary/aromatic N) is 1. The maximum atomic E-state index is 6.10. The molecule has 0 spiro atoms. The monoisotopic (exact) mass is 191 g/mol. The van der Waals surface area contributed by atoms with Crippen LogP contribution < -0.4 is 0 Å². The van der Waals surface area contributed by atoms with E-state index in [9.17, 15) is 0 Å². The molecule has 0 unspecified atom stereocenters. The number of halogens is 1. The van der Waals surface area contributed by atoms with Crippen molar-refractivity contribution in [2.24, 2.45) is 0 Å². The first-order chi connectivity index (χ1) is 6.31. The van der Waals surface area contributed by atoms with Crippen LogP contribution in [0.1, 0.15) is 12.6 Å². The summed E-state index contributed by atoms with van der Waals surface area (Å²) in [6, 6.07) is 9.86. The molecule has 2 aromatic rings. The summed E-state index contributed by atoms with van der Waals surface area (Å²) in [4.78, 5) is 4.47. The third-order valence-electron chi connectivity index (χ3n) is 2.08. The highest BCUT2D eigenvalue weighted by atomic mass is 35.5. The molecular formula is C11H10ClN. The van der Waals surface area contributed by atoms with Gasteiger partial charge in [0.2, 0.25) is 0 Å². The summed E-state index contributed by atoms with van der Waals surface area (Å²) < 4.78 is 0. The first-order valence-electron chi connectivity index (χ1n) is 4.35. The zero-order chi connectivity index (χ0) is 9.26. The molecule has 0 radical (unpaired) electrons. The minimum atomic E-state index is 0.794. The SMILES string of the molecule is CCc1cc(Cl)c2ccccc2n1. The van der Waals surface area contributed by atoms with Crippen LogP contribution in [-0.4, -0.2) is 4.98 Å². The Balaban J connectivity index is 2.77. The van der Waals surface area contributed by atoms with Crippen LogP contribution in [0, 0.1) is 0 Å². The normalized spacial score (nSPS) is 10.6. The number of aryl methyl sites for hydroxylation is 1. The first kappa shape index (κ1) is 8.52. The minimum absolute atomic E-state index is 0.794. The Bertz CT molecular complexity index is 437. The molecule has 0 amide bonds. The molecule has 2 heteroatoms. The molecule has 0 aliphatic carbocycles. The average molecular weight is 192 g/mol. The highest BCUT2D eigenvalue weighted by molar-refractivity contribution is 6.35. The van der Waals surface area contributed by atoms with Crippen molar-refractivity contribution in [2.45, 2.75) is 13.3 Å². The largest absolute Gasteiger partial charge is 0.253 e. The number of benzene rings is 1. The van der Waals surface area contributed by atoms with Gasteiger partial charge in [0.05, 0.1) is 10.5 Å². The Labute approximate surface area is 82.4 Å². The fraction of sp³-hybridized carbons (Fsp3) is 0.182. The van der Waals surface area contributed by atoms with E-state index in [1.807, 2.05) is 30.3 Å². The Morgan fingerprint density at radius 2 is 2.08 bits per heavy atom. The van der Waals surface area contributed by atoms with Crippen molar-refractivity contribution < 1.29 is 0 Å². The van der Waals surface area contributed by atoms with Gasteiger partial charge >= 0.3 is 0 Å². The Morgan fingerprint density at radius 1 is 1.31 bits per heavy atom. The lowest BCUT2D eigenvalue weighted by Gasteiger charge is -2.02. The maximum Gasteiger partial charge on any atom is 0.0720 e. The Morgan fingerprint density at radius 3 is 2.85 bits per heavy atom. The number of fused-ring (bicyclic) bond motifs is 1. The lowest BCUT2D eigenvalue weighted by Crippen LogP contribution is -1.88. The molecule has 13 heavy (non-hydrogen) atoms. The highest BCUT2D eigenvalue weighted by Crippen LogP contribution is 2.22. The maximum absolute atomic E-state index is 6.10. The second-order valence-electron chi connectivity index (χ2n) is 2.97. The molecule has 0 aliphatic rings. The van der Waals surface area contributed by atoms with Gasteiger partial charge in [0.15, 0.2) is 0 Å². The highest BCUT2D eigenvalue weighted by Gasteiger charge is 2.01. The molecule has 0 atom stereocenters. The van der Waals surface area contributed by atoms with Crippen molar-refractivity contribution in [3.63, 3.8) is 0 Å². The van der Waals surface area contributed by atoms with Gasteiger partial charge in [-0.05, 0) is 18.6 Å². The molecule has 0 aliphatic heterocycles. The molecule has 1 nitrogen and oxygen atoms in total. The fourth-order valence-corrected chi connectivity index (χ4v) is 1.65. The van der Waals surface area contributed by atoms with Crippen molar-refractivity contribution in [1.29, 1.82) is 0 Å². The predicted molar refractivity (Wildman–Crippen MR) is 56.1 cm³/mol. The van der Waals surface area contributed by atoms with Crippen molar-refractivity contribution in [3.8, 4) is 0 Å². The van der Waals surface area contributed by atoms with Crippen LogP contribution in [0.5, 0.6) is 0 Å². The summed E-state index contributed by atoms with van der Waals surface area (Å²) in [6.45, 7) is 2.08. The third kappa shape index (κ3) is 1.52. The molecule has 66 valence electrons. The van der Waals surface area contributed by atoms with Gasteiger partial charge in [0.25, 0.3) is 0 Å². The minimum Gasteiger partial charge on any atom is -0.253 e. The van der Waals surface area contributed by atoms with E-state index in [0.29, 0.717) is 0 Å². The second-order valence-corrected chi connectivity index (χ2v) is 3.37. The van der Waals surface area contributed by atoms with Crippen molar-refractivity contribution in [2.75, 3.05) is 0 Å². The molecule has 0 saturated carbocycles. The summed E-state index contributed by atoms with van der Waals surface area (Å²) in [6.07, 6.45) is 0.921. The number of aromatic nitrogens is 1. The predicted octanol–water partition coefficient (Wildman–Crippen LogP) is 3.45. The van der Waals surface area contributed by atoms with E-state index in [1.165, 1.54) is 0 Å². The Kier molecular flexibility index (Phi) is 2.19. The van der Waals surface area contributed by atoms with Crippen molar-refractivity contribution >= 4 is 22.5 Å². The summed E-state index contributed by atoms with van der Waals surface area (Å²) >= 11 is 6.10. The lowest BCUT2D eigenvalue weighted by molar-refractivity contribution is 1.06. The van der Waals surface area contributed by atoms with Gasteiger partial charge in [-0.3, -0.25) is 4.98 Å². The van der Waals surface area contributed by atoms with Crippen molar-refractivity contribution in [1.82, 2.24) is 4.98 Å². The molecule has 0 bridgehead atoms. The zero-order valence-electron chi connectivity index (χ0n) is 7.42. The van der Waals surface area contributed by atoms with Gasteiger partial charge in [0.1, 0.15) is 0 Å². The van der Waals surface area contributed by atoms with Gasteiger partial charge in [0, 0.05) is 11.1 Å². The molecule has 0 N–H and O–H groups in total. The van der Waals surface area contributed by atoms with E-state index in [0.717, 1.165) is 28.0 Å². The first-order valence-corrected chi connectivity index (χ1v) is 4.73. The van der Waals surface area contributed by atoms with E-state index in [2.05, 4.69) is 11.9 Å². The third-order valence-corrected chi connectivity index (χ3v) is 2.39. The number of hydrogen-bond donors (Lipinski definition) is 0. The number of pyridine rings is 1. The molecule has 1 aromatic carbocycles. The van der Waals surface area contributed by atoms with E-state index in [4.69, 9.17) is 11.6 Å². The summed E-state index contributed by atoms with van der Waals surface area (Å²) in [5.41, 5.74) is 2.02. The van der Waals surface area contributed by atoms with Crippen LogP contribution in [0.3, 0.4) is 0 Å². The summed E-state index contributed by atoms with van der Waals surface area (Å²) in [5.74, 6) is 0. The molecule has 2 rings (SSSR count). The topological polar surface area (TPSA) is 12.9 Å². The number of rotatable bonds is 1. The summed E-state index contributed by atoms with van der Waals surface area (Å²) in [7, 11) is 0. The Hall–Kier alpha value is -1.08. The van der Waals surface area contributed by atoms with Gasteiger partial charge in [-0.15, -0.1) is 0 Å². The van der Waals surface area contributed by atoms with Crippen LogP contribution in [-0.2, 0) is 6.42 Å². The van der Waals surface area contributed by atoms with Gasteiger partial charge in [-0.1, -0.05) is 36.7 Å². The van der Waals surface area contributed by atoms with Crippen molar-refractivity contribution in [3.05, 3.63) is 41.0 Å². The van der Waals surface area contributed by atoms with Crippen LogP contribution >= 0.6 is 11.6 Å². The molecule has 1 aromatic heterocycles. The summed E-state index contributed by atoms with van der Waals surface area (Å²) in [5, 5.41) is 1.82. The van der Waals surface area contributed by atoms with Gasteiger partial charge in [-0.2, -0.15) is 0 Å².